The van der Waals surface area contributed by atoms with Gasteiger partial charge in [0.15, 0.2) is 0 Å². The van der Waals surface area contributed by atoms with Crippen LogP contribution in [0.15, 0.2) is 0 Å². The first-order valence-corrected chi connectivity index (χ1v) is 7.03. The molecule has 0 rings (SSSR count). The Labute approximate surface area is 97.0 Å². The highest BCUT2D eigenvalue weighted by Gasteiger charge is 2.04. The molecule has 96 valence electrons. The SMILES string of the molecule is CC(C)NCCC(=O)NCCCS(N)(=O)=O. The summed E-state index contributed by atoms with van der Waals surface area (Å²) >= 11 is 0. The Balaban J connectivity index is 3.45. The molecular weight excluding hydrogens is 230 g/mol. The van der Waals surface area contributed by atoms with Crippen molar-refractivity contribution < 1.29 is 13.2 Å². The Morgan fingerprint density at radius 3 is 2.44 bits per heavy atom. The Morgan fingerprint density at radius 1 is 1.31 bits per heavy atom. The highest BCUT2D eigenvalue weighted by Crippen LogP contribution is 1.85. The molecule has 0 aromatic rings. The van der Waals surface area contributed by atoms with Crippen LogP contribution in [0.5, 0.6) is 0 Å². The number of carbonyl (C=O) groups excluding carboxylic acids is 1. The average molecular weight is 251 g/mol. The second-order valence-electron chi connectivity index (χ2n) is 3.93. The summed E-state index contributed by atoms with van der Waals surface area (Å²) in [6.07, 6.45) is 0.746. The van der Waals surface area contributed by atoms with E-state index in [1.807, 2.05) is 13.8 Å². The van der Waals surface area contributed by atoms with Gasteiger partial charge in [-0.15, -0.1) is 0 Å². The van der Waals surface area contributed by atoms with Crippen LogP contribution in [0.2, 0.25) is 0 Å². The number of hydrogen-bond acceptors (Lipinski definition) is 4. The Kier molecular flexibility index (Phi) is 7.27. The number of nitrogens with two attached hydrogens (primary N) is 1. The maximum Gasteiger partial charge on any atom is 0.221 e. The standard InChI is InChI=1S/C9H21N3O3S/c1-8(2)11-6-4-9(13)12-5-3-7-16(10,14)15/h8,11H,3-7H2,1-2H3,(H,12,13)(H2,10,14,15). The lowest BCUT2D eigenvalue weighted by Crippen LogP contribution is -2.31. The highest BCUT2D eigenvalue weighted by molar-refractivity contribution is 7.89. The van der Waals surface area contributed by atoms with Crippen molar-refractivity contribution in [2.75, 3.05) is 18.8 Å². The largest absolute Gasteiger partial charge is 0.356 e. The molecule has 0 aromatic carbocycles. The van der Waals surface area contributed by atoms with Gasteiger partial charge in [-0.1, -0.05) is 13.8 Å². The molecule has 0 saturated heterocycles. The first-order chi connectivity index (χ1) is 7.31. The third-order valence-electron chi connectivity index (χ3n) is 1.83. The van der Waals surface area contributed by atoms with Crippen molar-refractivity contribution >= 4 is 15.9 Å². The summed E-state index contributed by atoms with van der Waals surface area (Å²) in [5, 5.41) is 10.6. The van der Waals surface area contributed by atoms with Crippen LogP contribution >= 0.6 is 0 Å². The van der Waals surface area contributed by atoms with E-state index in [0.29, 0.717) is 32.0 Å². The molecule has 7 heteroatoms. The highest BCUT2D eigenvalue weighted by atomic mass is 32.2. The van der Waals surface area contributed by atoms with E-state index >= 15 is 0 Å². The number of nitrogens with one attached hydrogen (secondary N) is 2. The van der Waals surface area contributed by atoms with Gasteiger partial charge in [-0.2, -0.15) is 0 Å². The maximum atomic E-state index is 11.2. The minimum absolute atomic E-state index is 0.0810. The zero-order valence-corrected chi connectivity index (χ0v) is 10.6. The number of hydrogen-bond donors (Lipinski definition) is 3. The van der Waals surface area contributed by atoms with Crippen LogP contribution in [-0.2, 0) is 14.8 Å². The fourth-order valence-electron chi connectivity index (χ4n) is 1.06. The molecule has 0 bridgehead atoms. The number of primary sulfonamides is 1. The summed E-state index contributed by atoms with van der Waals surface area (Å²) in [5.74, 6) is -0.181. The van der Waals surface area contributed by atoms with E-state index in [4.69, 9.17) is 5.14 Å². The van der Waals surface area contributed by atoms with E-state index < -0.39 is 10.0 Å². The van der Waals surface area contributed by atoms with E-state index in [1.54, 1.807) is 0 Å². The molecular formula is C9H21N3O3S. The fourth-order valence-corrected chi connectivity index (χ4v) is 1.61. The molecule has 0 aliphatic carbocycles. The number of rotatable bonds is 8. The molecule has 6 nitrogen and oxygen atoms in total. The van der Waals surface area contributed by atoms with Crippen molar-refractivity contribution in [1.29, 1.82) is 0 Å². The van der Waals surface area contributed by atoms with Gasteiger partial charge in [0.05, 0.1) is 5.75 Å². The summed E-state index contributed by atoms with van der Waals surface area (Å²) in [4.78, 5) is 11.2. The van der Waals surface area contributed by atoms with Crippen molar-refractivity contribution in [2.45, 2.75) is 32.7 Å². The molecule has 16 heavy (non-hydrogen) atoms. The normalized spacial score (nSPS) is 11.8. The van der Waals surface area contributed by atoms with Crippen LogP contribution in [0.4, 0.5) is 0 Å². The summed E-state index contributed by atoms with van der Waals surface area (Å²) in [7, 11) is -3.41. The molecule has 1 amide bonds. The summed E-state index contributed by atoms with van der Waals surface area (Å²) in [6, 6.07) is 0.357. The van der Waals surface area contributed by atoms with E-state index in [1.165, 1.54) is 0 Å². The van der Waals surface area contributed by atoms with E-state index in [9.17, 15) is 13.2 Å². The van der Waals surface area contributed by atoms with Crippen molar-refractivity contribution in [3.05, 3.63) is 0 Å². The van der Waals surface area contributed by atoms with Crippen LogP contribution in [0.1, 0.15) is 26.7 Å². The first kappa shape index (κ1) is 15.3. The van der Waals surface area contributed by atoms with Crippen LogP contribution in [-0.4, -0.2) is 39.2 Å². The predicted octanol–water partition coefficient (Wildman–Crippen LogP) is -0.831. The minimum Gasteiger partial charge on any atom is -0.356 e. The molecule has 4 N–H and O–H groups in total. The van der Waals surface area contributed by atoms with Gasteiger partial charge in [0.25, 0.3) is 0 Å². The van der Waals surface area contributed by atoms with E-state index in [2.05, 4.69) is 10.6 Å². The van der Waals surface area contributed by atoms with Gasteiger partial charge in [0, 0.05) is 25.6 Å². The lowest BCUT2D eigenvalue weighted by Gasteiger charge is -2.08. The van der Waals surface area contributed by atoms with E-state index in [-0.39, 0.29) is 11.7 Å². The van der Waals surface area contributed by atoms with Crippen LogP contribution in [0, 0.1) is 0 Å². The maximum absolute atomic E-state index is 11.2. The smallest absolute Gasteiger partial charge is 0.221 e. The third kappa shape index (κ3) is 11.4. The third-order valence-corrected chi connectivity index (χ3v) is 2.69. The van der Waals surface area contributed by atoms with Crippen molar-refractivity contribution in [3.63, 3.8) is 0 Å². The minimum atomic E-state index is -3.41. The van der Waals surface area contributed by atoms with E-state index in [0.717, 1.165) is 0 Å². The van der Waals surface area contributed by atoms with Gasteiger partial charge in [0.1, 0.15) is 0 Å². The van der Waals surface area contributed by atoms with Gasteiger partial charge in [-0.3, -0.25) is 4.79 Å². The molecule has 0 fully saturated rings. The molecule has 0 spiro atoms. The molecule has 0 saturated carbocycles. The van der Waals surface area contributed by atoms with Crippen molar-refractivity contribution in [1.82, 2.24) is 10.6 Å². The van der Waals surface area contributed by atoms with Gasteiger partial charge in [0.2, 0.25) is 15.9 Å². The summed E-state index contributed by atoms with van der Waals surface area (Å²) in [5.41, 5.74) is 0. The monoisotopic (exact) mass is 251 g/mol. The summed E-state index contributed by atoms with van der Waals surface area (Å²) in [6.45, 7) is 4.98. The van der Waals surface area contributed by atoms with Crippen molar-refractivity contribution in [3.8, 4) is 0 Å². The van der Waals surface area contributed by atoms with Gasteiger partial charge >= 0.3 is 0 Å². The Bertz CT molecular complexity index is 301. The number of carbonyl (C=O) groups is 1. The fraction of sp³-hybridized carbons (Fsp3) is 0.889. The molecule has 0 atom stereocenters. The quantitative estimate of drug-likeness (QED) is 0.490. The topological polar surface area (TPSA) is 101 Å². The van der Waals surface area contributed by atoms with Crippen LogP contribution in [0.3, 0.4) is 0 Å². The molecule has 0 heterocycles. The zero-order valence-electron chi connectivity index (χ0n) is 9.82. The van der Waals surface area contributed by atoms with Crippen LogP contribution in [0.25, 0.3) is 0 Å². The molecule has 0 aromatic heterocycles. The predicted molar refractivity (Wildman–Crippen MR) is 63.4 cm³/mol. The van der Waals surface area contributed by atoms with Gasteiger partial charge < -0.3 is 10.6 Å². The zero-order chi connectivity index (χ0) is 12.6. The Morgan fingerprint density at radius 2 is 1.94 bits per heavy atom. The second-order valence-corrected chi connectivity index (χ2v) is 5.66. The lowest BCUT2D eigenvalue weighted by atomic mass is 10.3. The lowest BCUT2D eigenvalue weighted by molar-refractivity contribution is -0.120. The molecule has 0 unspecified atom stereocenters. The molecule has 0 radical (unpaired) electrons. The van der Waals surface area contributed by atoms with Crippen molar-refractivity contribution in [2.24, 2.45) is 5.14 Å². The summed E-state index contributed by atoms with van der Waals surface area (Å²) < 4.78 is 21.2. The molecule has 0 aliphatic rings. The second kappa shape index (κ2) is 7.59. The van der Waals surface area contributed by atoms with Gasteiger partial charge in [-0.25, -0.2) is 13.6 Å². The van der Waals surface area contributed by atoms with Gasteiger partial charge in [-0.05, 0) is 6.42 Å². The first-order valence-electron chi connectivity index (χ1n) is 5.32. The van der Waals surface area contributed by atoms with Crippen LogP contribution < -0.4 is 15.8 Å². The molecule has 0 aliphatic heterocycles. The Hall–Kier alpha value is -0.660. The number of amides is 1. The average Bonchev–Trinajstić information content (AvgIpc) is 2.10. The number of sulfonamides is 1.